The largest absolute Gasteiger partial charge is 0.399 e. The molecule has 0 aliphatic heterocycles. The molecular weight excluding hydrogens is 239 g/mol. The van der Waals surface area contributed by atoms with Crippen molar-refractivity contribution in [2.75, 3.05) is 17.7 Å². The van der Waals surface area contributed by atoms with Crippen molar-refractivity contribution in [1.29, 1.82) is 0 Å². The summed E-state index contributed by atoms with van der Waals surface area (Å²) < 4.78 is 0. The molecule has 1 aromatic carbocycles. The number of nitrogen functional groups attached to an aromatic ring is 1. The van der Waals surface area contributed by atoms with Crippen LogP contribution in [0, 0.1) is 0 Å². The van der Waals surface area contributed by atoms with Gasteiger partial charge in [-0.3, -0.25) is 4.79 Å². The Balaban J connectivity index is 2.90. The van der Waals surface area contributed by atoms with Gasteiger partial charge in [0, 0.05) is 5.69 Å². The van der Waals surface area contributed by atoms with Gasteiger partial charge < -0.3 is 16.2 Å². The number of nitrogens with two attached hydrogens (primary N) is 1. The van der Waals surface area contributed by atoms with E-state index in [1.807, 2.05) is 0 Å². The Kier molecular flexibility index (Phi) is 4.20. The molecule has 0 aliphatic carbocycles. The summed E-state index contributed by atoms with van der Waals surface area (Å²) in [4.78, 5) is 11.2. The first kappa shape index (κ1) is 12.1. The number of aliphatic hydroxyl groups is 1. The van der Waals surface area contributed by atoms with E-state index in [0.29, 0.717) is 11.4 Å². The quantitative estimate of drug-likeness (QED) is 0.716. The molecule has 1 rings (SSSR count). The minimum absolute atomic E-state index is 0.00294. The van der Waals surface area contributed by atoms with E-state index in [4.69, 9.17) is 34.0 Å². The molecule has 0 aliphatic rings. The van der Waals surface area contributed by atoms with E-state index in [1.54, 1.807) is 0 Å². The molecule has 0 saturated heterocycles. The molecule has 15 heavy (non-hydrogen) atoms. The highest BCUT2D eigenvalue weighted by Gasteiger charge is 2.10. The number of carbonyl (C=O) groups excluding carboxylic acids is 1. The summed E-state index contributed by atoms with van der Waals surface area (Å²) in [5, 5.41) is 11.6. The third-order valence-electron chi connectivity index (χ3n) is 1.67. The third kappa shape index (κ3) is 3.27. The summed E-state index contributed by atoms with van der Waals surface area (Å²) in [5.41, 5.74) is 6.23. The highest BCUT2D eigenvalue weighted by atomic mass is 35.5. The van der Waals surface area contributed by atoms with Crippen molar-refractivity contribution in [2.45, 2.75) is 6.42 Å². The monoisotopic (exact) mass is 248 g/mol. The van der Waals surface area contributed by atoms with Crippen LogP contribution in [0.1, 0.15) is 6.42 Å². The summed E-state index contributed by atoms with van der Waals surface area (Å²) in [6.45, 7) is -0.226. The van der Waals surface area contributed by atoms with Gasteiger partial charge in [0.2, 0.25) is 5.91 Å². The zero-order chi connectivity index (χ0) is 11.4. The van der Waals surface area contributed by atoms with Crippen LogP contribution in [0.3, 0.4) is 0 Å². The summed E-state index contributed by atoms with van der Waals surface area (Å²) in [6.07, 6.45) is -0.00294. The molecule has 0 bridgehead atoms. The van der Waals surface area contributed by atoms with Crippen LogP contribution >= 0.6 is 23.2 Å². The molecule has 4 nitrogen and oxygen atoms in total. The number of nitrogens with one attached hydrogen (secondary N) is 1. The first-order chi connectivity index (χ1) is 7.04. The molecule has 0 saturated carbocycles. The molecule has 6 heteroatoms. The van der Waals surface area contributed by atoms with Crippen LogP contribution in [0.5, 0.6) is 0 Å². The molecule has 4 N–H and O–H groups in total. The van der Waals surface area contributed by atoms with Crippen molar-refractivity contribution in [1.82, 2.24) is 0 Å². The van der Waals surface area contributed by atoms with E-state index < -0.39 is 0 Å². The first-order valence-electron chi connectivity index (χ1n) is 4.20. The van der Waals surface area contributed by atoms with Gasteiger partial charge in [-0.25, -0.2) is 0 Å². The number of halogens is 2. The second kappa shape index (κ2) is 5.21. The minimum Gasteiger partial charge on any atom is -0.399 e. The van der Waals surface area contributed by atoms with Crippen LogP contribution in [0.15, 0.2) is 12.1 Å². The maximum absolute atomic E-state index is 11.2. The molecule has 1 amide bonds. The lowest BCUT2D eigenvalue weighted by Gasteiger charge is -2.09. The number of hydrogen-bond acceptors (Lipinski definition) is 3. The number of rotatable bonds is 3. The summed E-state index contributed by atoms with van der Waals surface area (Å²) in [5.74, 6) is -0.355. The standard InChI is InChI=1S/C9H10Cl2N2O2/c10-6-3-5(12)4-7(11)9(6)13-8(15)1-2-14/h3-4,14H,1-2,12H2,(H,13,15). The zero-order valence-corrected chi connectivity index (χ0v) is 9.27. The maximum atomic E-state index is 11.2. The molecule has 0 fully saturated rings. The van der Waals surface area contributed by atoms with E-state index in [0.717, 1.165) is 0 Å². The minimum atomic E-state index is -0.355. The Morgan fingerprint density at radius 3 is 2.40 bits per heavy atom. The molecule has 1 aromatic rings. The number of amides is 1. The van der Waals surface area contributed by atoms with Crippen LogP contribution < -0.4 is 11.1 Å². The number of aliphatic hydroxyl groups excluding tert-OH is 1. The second-order valence-electron chi connectivity index (χ2n) is 2.88. The van der Waals surface area contributed by atoms with E-state index in [-0.39, 0.29) is 29.0 Å². The van der Waals surface area contributed by atoms with Crippen molar-refractivity contribution in [3.05, 3.63) is 22.2 Å². The van der Waals surface area contributed by atoms with Crippen molar-refractivity contribution >= 4 is 40.5 Å². The average Bonchev–Trinajstić information content (AvgIpc) is 2.11. The fraction of sp³-hybridized carbons (Fsp3) is 0.222. The van der Waals surface area contributed by atoms with Crippen LogP contribution in [-0.2, 0) is 4.79 Å². The van der Waals surface area contributed by atoms with Crippen molar-refractivity contribution in [3.63, 3.8) is 0 Å². The number of anilines is 2. The Hall–Kier alpha value is -0.970. The second-order valence-corrected chi connectivity index (χ2v) is 3.70. The molecule has 82 valence electrons. The van der Waals surface area contributed by atoms with Gasteiger partial charge in [0.05, 0.1) is 28.8 Å². The Morgan fingerprint density at radius 2 is 1.93 bits per heavy atom. The van der Waals surface area contributed by atoms with Gasteiger partial charge in [0.15, 0.2) is 0 Å². The lowest BCUT2D eigenvalue weighted by Crippen LogP contribution is -2.13. The van der Waals surface area contributed by atoms with Gasteiger partial charge in [-0.05, 0) is 12.1 Å². The molecule has 0 spiro atoms. The van der Waals surface area contributed by atoms with Crippen LogP contribution in [0.25, 0.3) is 0 Å². The van der Waals surface area contributed by atoms with Gasteiger partial charge >= 0.3 is 0 Å². The van der Waals surface area contributed by atoms with E-state index >= 15 is 0 Å². The Morgan fingerprint density at radius 1 is 1.40 bits per heavy atom. The van der Waals surface area contributed by atoms with E-state index in [1.165, 1.54) is 12.1 Å². The lowest BCUT2D eigenvalue weighted by atomic mass is 10.2. The Labute approximate surface area is 97.0 Å². The van der Waals surface area contributed by atoms with Gasteiger partial charge in [0.1, 0.15) is 0 Å². The fourth-order valence-electron chi connectivity index (χ4n) is 1.02. The fourth-order valence-corrected chi connectivity index (χ4v) is 1.61. The van der Waals surface area contributed by atoms with Crippen molar-refractivity contribution < 1.29 is 9.90 Å². The first-order valence-corrected chi connectivity index (χ1v) is 4.95. The summed E-state index contributed by atoms with van der Waals surface area (Å²) >= 11 is 11.7. The van der Waals surface area contributed by atoms with Gasteiger partial charge in [-0.15, -0.1) is 0 Å². The van der Waals surface area contributed by atoms with Crippen molar-refractivity contribution in [3.8, 4) is 0 Å². The smallest absolute Gasteiger partial charge is 0.226 e. The van der Waals surface area contributed by atoms with Crippen molar-refractivity contribution in [2.24, 2.45) is 0 Å². The number of hydrogen-bond donors (Lipinski definition) is 3. The van der Waals surface area contributed by atoms with Gasteiger partial charge in [-0.2, -0.15) is 0 Å². The third-order valence-corrected chi connectivity index (χ3v) is 2.26. The molecule has 0 atom stereocenters. The predicted molar refractivity (Wildman–Crippen MR) is 61.2 cm³/mol. The van der Waals surface area contributed by atoms with Crippen LogP contribution in [0.4, 0.5) is 11.4 Å². The lowest BCUT2D eigenvalue weighted by molar-refractivity contribution is -0.116. The topological polar surface area (TPSA) is 75.3 Å². The van der Waals surface area contributed by atoms with E-state index in [2.05, 4.69) is 5.32 Å². The number of benzene rings is 1. The average molecular weight is 249 g/mol. The summed E-state index contributed by atoms with van der Waals surface area (Å²) in [6, 6.07) is 2.98. The highest BCUT2D eigenvalue weighted by molar-refractivity contribution is 6.40. The molecule has 0 heterocycles. The van der Waals surface area contributed by atoms with Gasteiger partial charge in [-0.1, -0.05) is 23.2 Å². The zero-order valence-electron chi connectivity index (χ0n) is 7.76. The van der Waals surface area contributed by atoms with Crippen LogP contribution in [0.2, 0.25) is 10.0 Å². The molecule has 0 aromatic heterocycles. The number of carbonyl (C=O) groups is 1. The van der Waals surface area contributed by atoms with Gasteiger partial charge in [0.25, 0.3) is 0 Å². The highest BCUT2D eigenvalue weighted by Crippen LogP contribution is 2.32. The summed E-state index contributed by atoms with van der Waals surface area (Å²) in [7, 11) is 0. The molecule has 0 unspecified atom stereocenters. The van der Waals surface area contributed by atoms with E-state index in [9.17, 15) is 4.79 Å². The molecule has 0 radical (unpaired) electrons. The SMILES string of the molecule is Nc1cc(Cl)c(NC(=O)CCO)c(Cl)c1. The predicted octanol–water partition coefficient (Wildman–Crippen LogP) is 1.90. The maximum Gasteiger partial charge on any atom is 0.226 e. The van der Waals surface area contributed by atoms with Crippen LogP contribution in [-0.4, -0.2) is 17.6 Å². The molecular formula is C9H10Cl2N2O2. The normalized spacial score (nSPS) is 10.1. The Bertz CT molecular complexity index is 359.